The molecule has 1 atom stereocenters. The van der Waals surface area contributed by atoms with Crippen molar-refractivity contribution >= 4 is 0 Å². The normalized spacial score (nSPS) is 14.2. The minimum Gasteiger partial charge on any atom is -0.494 e. The van der Waals surface area contributed by atoms with E-state index in [2.05, 4.69) is 19.2 Å². The molecule has 3 nitrogen and oxygen atoms in total. The van der Waals surface area contributed by atoms with E-state index in [9.17, 15) is 5.11 Å². The first-order valence-electron chi connectivity index (χ1n) is 6.65. The monoisotopic (exact) mass is 251 g/mol. The second-order valence-electron chi connectivity index (χ2n) is 5.06. The van der Waals surface area contributed by atoms with Gasteiger partial charge in [-0.25, -0.2) is 0 Å². The zero-order valence-electron chi connectivity index (χ0n) is 11.7. The van der Waals surface area contributed by atoms with Crippen LogP contribution in [0.25, 0.3) is 0 Å². The fourth-order valence-electron chi connectivity index (χ4n) is 1.68. The molecule has 0 aliphatic carbocycles. The molecular formula is C15H25NO2. The summed E-state index contributed by atoms with van der Waals surface area (Å²) in [6, 6.07) is 8.03. The second kappa shape index (κ2) is 7.39. The van der Waals surface area contributed by atoms with Crippen LogP contribution in [0, 0.1) is 6.92 Å². The summed E-state index contributed by atoms with van der Waals surface area (Å²) >= 11 is 0. The lowest BCUT2D eigenvalue weighted by molar-refractivity contribution is 0.144. The molecule has 1 aromatic rings. The Labute approximate surface area is 110 Å². The topological polar surface area (TPSA) is 41.5 Å². The first kappa shape index (κ1) is 15.0. The number of aryl methyl sites for hydroxylation is 1. The van der Waals surface area contributed by atoms with Crippen LogP contribution in [0.3, 0.4) is 0 Å². The van der Waals surface area contributed by atoms with E-state index in [1.807, 2.05) is 31.2 Å². The maximum atomic E-state index is 9.43. The highest BCUT2D eigenvalue weighted by atomic mass is 16.5. The second-order valence-corrected chi connectivity index (χ2v) is 5.06. The number of benzene rings is 1. The molecule has 0 heterocycles. The summed E-state index contributed by atoms with van der Waals surface area (Å²) in [6.07, 6.45) is 1.85. The Bertz CT molecular complexity index is 337. The van der Waals surface area contributed by atoms with Crippen molar-refractivity contribution < 1.29 is 9.84 Å². The van der Waals surface area contributed by atoms with Gasteiger partial charge < -0.3 is 15.2 Å². The number of hydrogen-bond donors (Lipinski definition) is 2. The fraction of sp³-hybridized carbons (Fsp3) is 0.600. The molecule has 0 amide bonds. The first-order chi connectivity index (χ1) is 8.59. The smallest absolute Gasteiger partial charge is 0.119 e. The van der Waals surface area contributed by atoms with E-state index in [4.69, 9.17) is 4.74 Å². The largest absolute Gasteiger partial charge is 0.494 e. The minimum absolute atomic E-state index is 0.129. The van der Waals surface area contributed by atoms with E-state index in [1.165, 1.54) is 5.56 Å². The zero-order chi connectivity index (χ0) is 13.4. The minimum atomic E-state index is -0.249. The highest BCUT2D eigenvalue weighted by Crippen LogP contribution is 2.14. The number of hydrogen-bond acceptors (Lipinski definition) is 3. The van der Waals surface area contributed by atoms with Crippen LogP contribution in [-0.4, -0.2) is 30.4 Å². The van der Waals surface area contributed by atoms with Crippen LogP contribution in [0.2, 0.25) is 0 Å². The predicted molar refractivity (Wildman–Crippen MR) is 75.1 cm³/mol. The van der Waals surface area contributed by atoms with Crippen LogP contribution in [0.15, 0.2) is 24.3 Å². The van der Waals surface area contributed by atoms with Crippen molar-refractivity contribution in [2.75, 3.05) is 19.8 Å². The molecule has 0 radical (unpaired) electrons. The SMILES string of the molecule is CCCNC(C)(CO)CCOc1ccc(C)cc1. The number of nitrogens with one attached hydrogen (secondary N) is 1. The maximum absolute atomic E-state index is 9.43. The lowest BCUT2D eigenvalue weighted by Gasteiger charge is -2.28. The predicted octanol–water partition coefficient (Wildman–Crippen LogP) is 2.51. The van der Waals surface area contributed by atoms with Crippen molar-refractivity contribution in [3.8, 4) is 5.75 Å². The van der Waals surface area contributed by atoms with Crippen LogP contribution in [0.5, 0.6) is 5.75 Å². The Kier molecular flexibility index (Phi) is 6.16. The molecule has 102 valence electrons. The van der Waals surface area contributed by atoms with E-state index in [0.29, 0.717) is 6.61 Å². The van der Waals surface area contributed by atoms with E-state index in [-0.39, 0.29) is 12.1 Å². The zero-order valence-corrected chi connectivity index (χ0v) is 11.7. The Morgan fingerprint density at radius 3 is 2.50 bits per heavy atom. The summed E-state index contributed by atoms with van der Waals surface area (Å²) in [5.41, 5.74) is 0.980. The lowest BCUT2D eigenvalue weighted by atomic mass is 9.99. The Hall–Kier alpha value is -1.06. The third-order valence-electron chi connectivity index (χ3n) is 3.09. The van der Waals surface area contributed by atoms with Crippen molar-refractivity contribution in [3.63, 3.8) is 0 Å². The maximum Gasteiger partial charge on any atom is 0.119 e. The van der Waals surface area contributed by atoms with Gasteiger partial charge in [0.05, 0.1) is 13.2 Å². The molecule has 3 heteroatoms. The third kappa shape index (κ3) is 5.07. The van der Waals surface area contributed by atoms with E-state index in [0.717, 1.165) is 25.1 Å². The molecule has 0 saturated heterocycles. The van der Waals surface area contributed by atoms with Gasteiger partial charge in [0.1, 0.15) is 5.75 Å². The molecule has 1 rings (SSSR count). The molecule has 1 aromatic carbocycles. The molecule has 0 spiro atoms. The molecule has 2 N–H and O–H groups in total. The number of aliphatic hydroxyl groups excluding tert-OH is 1. The molecule has 0 saturated carbocycles. The quantitative estimate of drug-likeness (QED) is 0.746. The highest BCUT2D eigenvalue weighted by molar-refractivity contribution is 5.26. The van der Waals surface area contributed by atoms with Gasteiger partial charge in [-0.15, -0.1) is 0 Å². The molecule has 1 unspecified atom stereocenters. The van der Waals surface area contributed by atoms with Gasteiger partial charge >= 0.3 is 0 Å². The van der Waals surface area contributed by atoms with Crippen LogP contribution < -0.4 is 10.1 Å². The average Bonchev–Trinajstić information content (AvgIpc) is 2.39. The van der Waals surface area contributed by atoms with E-state index >= 15 is 0 Å². The van der Waals surface area contributed by atoms with Crippen molar-refractivity contribution in [1.82, 2.24) is 5.32 Å². The van der Waals surface area contributed by atoms with Crippen LogP contribution in [0.4, 0.5) is 0 Å². The number of ether oxygens (including phenoxy) is 1. The molecular weight excluding hydrogens is 226 g/mol. The molecule has 0 fully saturated rings. The van der Waals surface area contributed by atoms with Crippen molar-refractivity contribution in [3.05, 3.63) is 29.8 Å². The van der Waals surface area contributed by atoms with Crippen molar-refractivity contribution in [1.29, 1.82) is 0 Å². The van der Waals surface area contributed by atoms with Crippen LogP contribution in [-0.2, 0) is 0 Å². The Morgan fingerprint density at radius 1 is 1.28 bits per heavy atom. The average molecular weight is 251 g/mol. The fourth-order valence-corrected chi connectivity index (χ4v) is 1.68. The van der Waals surface area contributed by atoms with Gasteiger partial charge in [-0.3, -0.25) is 0 Å². The Morgan fingerprint density at radius 2 is 1.94 bits per heavy atom. The molecule has 0 bridgehead atoms. The molecule has 0 aliphatic heterocycles. The van der Waals surface area contributed by atoms with E-state index < -0.39 is 0 Å². The standard InChI is InChI=1S/C15H25NO2/c1-4-10-16-15(3,12-17)9-11-18-14-7-5-13(2)6-8-14/h5-8,16-17H,4,9-12H2,1-3H3. The van der Waals surface area contributed by atoms with Gasteiger partial charge in [-0.1, -0.05) is 24.6 Å². The summed E-state index contributed by atoms with van der Waals surface area (Å²) in [5, 5.41) is 12.8. The molecule has 0 aliphatic rings. The van der Waals surface area contributed by atoms with Gasteiger partial charge in [-0.05, 0) is 38.9 Å². The first-order valence-corrected chi connectivity index (χ1v) is 6.65. The number of rotatable bonds is 8. The van der Waals surface area contributed by atoms with Gasteiger partial charge in [0, 0.05) is 12.0 Å². The van der Waals surface area contributed by atoms with Crippen molar-refractivity contribution in [2.45, 2.75) is 39.2 Å². The summed E-state index contributed by atoms with van der Waals surface area (Å²) < 4.78 is 5.69. The van der Waals surface area contributed by atoms with Crippen molar-refractivity contribution in [2.24, 2.45) is 0 Å². The van der Waals surface area contributed by atoms with Crippen LogP contribution in [0.1, 0.15) is 32.3 Å². The van der Waals surface area contributed by atoms with Gasteiger partial charge in [0.2, 0.25) is 0 Å². The van der Waals surface area contributed by atoms with Crippen LogP contribution >= 0.6 is 0 Å². The summed E-state index contributed by atoms with van der Waals surface area (Å²) in [5.74, 6) is 0.886. The summed E-state index contributed by atoms with van der Waals surface area (Å²) in [4.78, 5) is 0. The highest BCUT2D eigenvalue weighted by Gasteiger charge is 2.21. The van der Waals surface area contributed by atoms with E-state index in [1.54, 1.807) is 0 Å². The third-order valence-corrected chi connectivity index (χ3v) is 3.09. The number of aliphatic hydroxyl groups is 1. The summed E-state index contributed by atoms with van der Waals surface area (Å²) in [7, 11) is 0. The summed E-state index contributed by atoms with van der Waals surface area (Å²) in [6.45, 7) is 7.86. The van der Waals surface area contributed by atoms with Gasteiger partial charge in [0.15, 0.2) is 0 Å². The van der Waals surface area contributed by atoms with Gasteiger partial charge in [-0.2, -0.15) is 0 Å². The lowest BCUT2D eigenvalue weighted by Crippen LogP contribution is -2.47. The molecule has 18 heavy (non-hydrogen) atoms. The van der Waals surface area contributed by atoms with Gasteiger partial charge in [0.25, 0.3) is 0 Å². The Balaban J connectivity index is 2.36. The molecule has 0 aromatic heterocycles.